The van der Waals surface area contributed by atoms with E-state index in [0.717, 1.165) is 16.9 Å². The van der Waals surface area contributed by atoms with Gasteiger partial charge in [-0.15, -0.1) is 11.3 Å². The summed E-state index contributed by atoms with van der Waals surface area (Å²) < 4.78 is 4.86. The highest BCUT2D eigenvalue weighted by molar-refractivity contribution is 7.19. The van der Waals surface area contributed by atoms with Crippen LogP contribution in [0, 0.1) is 13.8 Å². The average molecular weight is 477 g/mol. The standard InChI is InChI=1S/C22H18Cl2N2O4S/c1-11-15(24)5-4-6-16(11)25-20(28)18-12(2)17(22(29)30-3)21(31-18)26-19(27)13-7-9-14(23)10-8-13/h4-10H,1-3H3,(H,25,28)(H,26,27). The first-order chi connectivity index (χ1) is 14.7. The molecule has 3 aromatic rings. The van der Waals surface area contributed by atoms with Gasteiger partial charge in [0.15, 0.2) is 0 Å². The van der Waals surface area contributed by atoms with Crippen molar-refractivity contribution < 1.29 is 19.1 Å². The quantitative estimate of drug-likeness (QED) is 0.444. The summed E-state index contributed by atoms with van der Waals surface area (Å²) in [4.78, 5) is 38.2. The van der Waals surface area contributed by atoms with E-state index in [9.17, 15) is 14.4 Å². The highest BCUT2D eigenvalue weighted by Gasteiger charge is 2.27. The minimum Gasteiger partial charge on any atom is -0.465 e. The van der Waals surface area contributed by atoms with E-state index >= 15 is 0 Å². The zero-order chi connectivity index (χ0) is 22.7. The van der Waals surface area contributed by atoms with Crippen LogP contribution < -0.4 is 10.6 Å². The second-order valence-electron chi connectivity index (χ2n) is 6.58. The lowest BCUT2D eigenvalue weighted by molar-refractivity contribution is 0.0601. The van der Waals surface area contributed by atoms with Crippen LogP contribution in [-0.4, -0.2) is 24.9 Å². The molecule has 0 saturated heterocycles. The molecule has 0 unspecified atom stereocenters. The summed E-state index contributed by atoms with van der Waals surface area (Å²) in [5, 5.41) is 6.74. The Morgan fingerprint density at radius 1 is 0.903 bits per heavy atom. The van der Waals surface area contributed by atoms with Crippen LogP contribution >= 0.6 is 34.5 Å². The predicted octanol–water partition coefficient (Wildman–Crippen LogP) is 5.96. The number of methoxy groups -OCH3 is 1. The number of rotatable bonds is 5. The van der Waals surface area contributed by atoms with Gasteiger partial charge in [0.25, 0.3) is 11.8 Å². The molecule has 6 nitrogen and oxygen atoms in total. The summed E-state index contributed by atoms with van der Waals surface area (Å²) in [6.45, 7) is 3.41. The van der Waals surface area contributed by atoms with Gasteiger partial charge >= 0.3 is 5.97 Å². The number of thiophene rings is 1. The normalized spacial score (nSPS) is 10.5. The third kappa shape index (κ3) is 4.90. The molecule has 0 radical (unpaired) electrons. The molecule has 2 N–H and O–H groups in total. The van der Waals surface area contributed by atoms with Gasteiger partial charge < -0.3 is 15.4 Å². The number of carbonyl (C=O) groups is 3. The maximum Gasteiger partial charge on any atom is 0.341 e. The Labute approximate surface area is 193 Å². The zero-order valence-electron chi connectivity index (χ0n) is 16.8. The van der Waals surface area contributed by atoms with Crippen molar-refractivity contribution in [2.45, 2.75) is 13.8 Å². The van der Waals surface area contributed by atoms with Crippen molar-refractivity contribution in [3.05, 3.63) is 79.6 Å². The molecule has 1 aromatic heterocycles. The Kier molecular flexibility index (Phi) is 7.00. The van der Waals surface area contributed by atoms with E-state index in [1.165, 1.54) is 7.11 Å². The lowest BCUT2D eigenvalue weighted by Crippen LogP contribution is -2.14. The average Bonchev–Trinajstić information content (AvgIpc) is 3.07. The number of ether oxygens (including phenoxy) is 1. The van der Waals surface area contributed by atoms with Crippen LogP contribution in [0.25, 0.3) is 0 Å². The lowest BCUT2D eigenvalue weighted by Gasteiger charge is -2.09. The number of esters is 1. The number of amides is 2. The van der Waals surface area contributed by atoms with E-state index in [0.29, 0.717) is 26.9 Å². The van der Waals surface area contributed by atoms with Gasteiger partial charge in [-0.2, -0.15) is 0 Å². The summed E-state index contributed by atoms with van der Waals surface area (Å²) >= 11 is 13.0. The van der Waals surface area contributed by atoms with Gasteiger partial charge in [-0.25, -0.2) is 4.79 Å². The fourth-order valence-electron chi connectivity index (χ4n) is 2.86. The van der Waals surface area contributed by atoms with Gasteiger partial charge in [-0.3, -0.25) is 9.59 Å². The minimum atomic E-state index is -0.654. The van der Waals surface area contributed by atoms with Crippen molar-refractivity contribution in [2.75, 3.05) is 17.7 Å². The maximum atomic E-state index is 12.9. The Morgan fingerprint density at radius 3 is 2.23 bits per heavy atom. The smallest absolute Gasteiger partial charge is 0.341 e. The second-order valence-corrected chi connectivity index (χ2v) is 8.44. The highest BCUT2D eigenvalue weighted by Crippen LogP contribution is 2.35. The molecule has 2 amide bonds. The van der Waals surface area contributed by atoms with Crippen molar-refractivity contribution in [3.63, 3.8) is 0 Å². The van der Waals surface area contributed by atoms with E-state index in [-0.39, 0.29) is 15.4 Å². The number of benzene rings is 2. The van der Waals surface area contributed by atoms with Crippen LogP contribution in [0.5, 0.6) is 0 Å². The predicted molar refractivity (Wildman–Crippen MR) is 124 cm³/mol. The van der Waals surface area contributed by atoms with E-state index in [2.05, 4.69) is 10.6 Å². The molecule has 9 heteroatoms. The Hall–Kier alpha value is -2.87. The molecule has 3 rings (SSSR count). The van der Waals surface area contributed by atoms with Crippen LogP contribution in [0.15, 0.2) is 42.5 Å². The van der Waals surface area contributed by atoms with Crippen LogP contribution in [0.3, 0.4) is 0 Å². The van der Waals surface area contributed by atoms with Crippen molar-refractivity contribution in [1.82, 2.24) is 0 Å². The number of carbonyl (C=O) groups excluding carboxylic acids is 3. The topological polar surface area (TPSA) is 84.5 Å². The molecule has 0 aliphatic rings. The van der Waals surface area contributed by atoms with E-state index in [4.69, 9.17) is 27.9 Å². The Morgan fingerprint density at radius 2 is 1.58 bits per heavy atom. The summed E-state index contributed by atoms with van der Waals surface area (Å²) in [5.74, 6) is -1.52. The van der Waals surface area contributed by atoms with Crippen LogP contribution in [-0.2, 0) is 4.74 Å². The van der Waals surface area contributed by atoms with Crippen molar-refractivity contribution in [2.24, 2.45) is 0 Å². The third-order valence-electron chi connectivity index (χ3n) is 4.59. The monoisotopic (exact) mass is 476 g/mol. The highest BCUT2D eigenvalue weighted by atomic mass is 35.5. The van der Waals surface area contributed by atoms with Crippen LogP contribution in [0.2, 0.25) is 10.0 Å². The molecule has 0 bridgehead atoms. The Bertz CT molecular complexity index is 1170. The molecule has 0 atom stereocenters. The minimum absolute atomic E-state index is 0.128. The summed E-state index contributed by atoms with van der Waals surface area (Å²) in [6, 6.07) is 11.5. The van der Waals surface area contributed by atoms with E-state index < -0.39 is 17.8 Å². The second kappa shape index (κ2) is 9.51. The summed E-state index contributed by atoms with van der Waals surface area (Å²) in [7, 11) is 1.24. The molecule has 0 aliphatic heterocycles. The number of anilines is 2. The summed E-state index contributed by atoms with van der Waals surface area (Å²) in [6.07, 6.45) is 0. The number of halogens is 2. The van der Waals surface area contributed by atoms with Crippen molar-refractivity contribution >= 4 is 63.0 Å². The van der Waals surface area contributed by atoms with Gasteiger partial charge in [0, 0.05) is 21.3 Å². The first kappa shape index (κ1) is 22.8. The molecule has 0 saturated carbocycles. The van der Waals surface area contributed by atoms with E-state index in [1.54, 1.807) is 56.3 Å². The fraction of sp³-hybridized carbons (Fsp3) is 0.136. The van der Waals surface area contributed by atoms with Gasteiger partial charge in [-0.1, -0.05) is 29.3 Å². The SMILES string of the molecule is COC(=O)c1c(NC(=O)c2ccc(Cl)cc2)sc(C(=O)Nc2cccc(Cl)c2C)c1C. The Balaban J connectivity index is 1.95. The van der Waals surface area contributed by atoms with Crippen molar-refractivity contribution in [1.29, 1.82) is 0 Å². The number of nitrogens with one attached hydrogen (secondary N) is 2. The lowest BCUT2D eigenvalue weighted by atomic mass is 10.1. The molecule has 2 aromatic carbocycles. The van der Waals surface area contributed by atoms with E-state index in [1.807, 2.05) is 0 Å². The van der Waals surface area contributed by atoms with Crippen LogP contribution in [0.4, 0.5) is 10.7 Å². The van der Waals surface area contributed by atoms with Crippen LogP contribution in [0.1, 0.15) is 41.5 Å². The molecule has 1 heterocycles. The molecule has 0 spiro atoms. The zero-order valence-corrected chi connectivity index (χ0v) is 19.2. The van der Waals surface area contributed by atoms with Gasteiger partial charge in [-0.05, 0) is 61.4 Å². The third-order valence-corrected chi connectivity index (χ3v) is 6.46. The van der Waals surface area contributed by atoms with Crippen molar-refractivity contribution in [3.8, 4) is 0 Å². The fourth-order valence-corrected chi connectivity index (χ4v) is 4.25. The van der Waals surface area contributed by atoms with Gasteiger partial charge in [0.2, 0.25) is 0 Å². The first-order valence-electron chi connectivity index (χ1n) is 9.08. The molecular weight excluding hydrogens is 459 g/mol. The molecular formula is C22H18Cl2N2O4S. The number of hydrogen-bond acceptors (Lipinski definition) is 5. The van der Waals surface area contributed by atoms with Gasteiger partial charge in [0.05, 0.1) is 17.6 Å². The molecule has 31 heavy (non-hydrogen) atoms. The van der Waals surface area contributed by atoms with Gasteiger partial charge in [0.1, 0.15) is 5.00 Å². The summed E-state index contributed by atoms with van der Waals surface area (Å²) in [5.41, 5.74) is 2.16. The molecule has 0 fully saturated rings. The molecule has 160 valence electrons. The maximum absolute atomic E-state index is 12.9. The largest absolute Gasteiger partial charge is 0.465 e. The molecule has 0 aliphatic carbocycles. The first-order valence-corrected chi connectivity index (χ1v) is 10.6. The number of hydrogen-bond donors (Lipinski definition) is 2.